The van der Waals surface area contributed by atoms with Crippen molar-refractivity contribution in [2.75, 3.05) is 24.7 Å². The monoisotopic (exact) mass is 595 g/mol. The molecule has 0 unspecified atom stereocenters. The zero-order valence-corrected chi connectivity index (χ0v) is 23.5. The van der Waals surface area contributed by atoms with Crippen LogP contribution in [-0.2, 0) is 11.3 Å². The van der Waals surface area contributed by atoms with Crippen molar-refractivity contribution in [3.05, 3.63) is 94.3 Å². The van der Waals surface area contributed by atoms with Gasteiger partial charge in [0.1, 0.15) is 17.4 Å². The zero-order valence-electron chi connectivity index (χ0n) is 22.8. The number of carboxylic acid groups (broad SMARTS) is 1. The van der Waals surface area contributed by atoms with E-state index in [1.165, 1.54) is 4.68 Å². The highest BCUT2D eigenvalue weighted by Gasteiger charge is 2.25. The fraction of sp³-hybridized carbons (Fsp3) is 0.258. The number of hydrogen-bond acceptors (Lipinski definition) is 5. The fourth-order valence-corrected chi connectivity index (χ4v) is 4.97. The van der Waals surface area contributed by atoms with Crippen molar-refractivity contribution < 1.29 is 33.0 Å². The normalized spacial score (nSPS) is 12.8. The molecule has 1 N–H and O–H groups in total. The van der Waals surface area contributed by atoms with E-state index in [4.69, 9.17) is 26.2 Å². The summed E-state index contributed by atoms with van der Waals surface area (Å²) in [5.74, 6) is -2.20. The molecular formula is C31H28ClF2N3O5. The smallest absolute Gasteiger partial charge is 0.335 e. The van der Waals surface area contributed by atoms with Crippen LogP contribution in [0, 0.1) is 18.6 Å². The van der Waals surface area contributed by atoms with E-state index in [9.17, 15) is 18.4 Å². The lowest BCUT2D eigenvalue weighted by Gasteiger charge is -2.23. The molecule has 0 saturated heterocycles. The molecule has 2 heterocycles. The van der Waals surface area contributed by atoms with Crippen LogP contribution in [0.2, 0.25) is 5.02 Å². The summed E-state index contributed by atoms with van der Waals surface area (Å²) >= 11 is 6.16. The van der Waals surface area contributed by atoms with Crippen molar-refractivity contribution in [2.45, 2.75) is 32.7 Å². The molecular weight excluding hydrogens is 568 g/mol. The number of carbonyl (C=O) groups is 2. The van der Waals surface area contributed by atoms with Crippen LogP contribution < -0.4 is 14.4 Å². The third kappa shape index (κ3) is 6.23. The van der Waals surface area contributed by atoms with Gasteiger partial charge in [-0.1, -0.05) is 29.8 Å². The minimum Gasteiger partial charge on any atom is -0.493 e. The van der Waals surface area contributed by atoms with Crippen LogP contribution in [0.15, 0.2) is 60.9 Å². The molecule has 42 heavy (non-hydrogen) atoms. The van der Waals surface area contributed by atoms with Gasteiger partial charge in [0, 0.05) is 46.4 Å². The Morgan fingerprint density at radius 3 is 2.67 bits per heavy atom. The van der Waals surface area contributed by atoms with Gasteiger partial charge in [0.25, 0.3) is 0 Å². The number of fused-ring (bicyclic) bond motifs is 1. The molecule has 11 heteroatoms. The lowest BCUT2D eigenvalue weighted by Crippen LogP contribution is -2.31. The Balaban J connectivity index is 1.30. The minimum absolute atomic E-state index is 0.0585. The molecule has 8 nitrogen and oxygen atoms in total. The lowest BCUT2D eigenvalue weighted by molar-refractivity contribution is -0.118. The molecule has 0 bridgehead atoms. The van der Waals surface area contributed by atoms with Gasteiger partial charge in [0.15, 0.2) is 5.75 Å². The molecule has 0 radical (unpaired) electrons. The Morgan fingerprint density at radius 1 is 1.14 bits per heavy atom. The second kappa shape index (κ2) is 12.6. The summed E-state index contributed by atoms with van der Waals surface area (Å²) in [5.41, 5.74) is 2.03. The number of carboxylic acids is 1. The van der Waals surface area contributed by atoms with Gasteiger partial charge < -0.3 is 19.5 Å². The SMILES string of the molecule is Cc1c(Cl)cccc1OCCCC(=O)N1CCCOc2c(-c3cnn(Cc4c(F)cc(C(=O)O)cc4F)c3)cccc21. The molecule has 1 amide bonds. The number of nitrogens with zero attached hydrogens (tertiary/aromatic N) is 3. The van der Waals surface area contributed by atoms with Crippen molar-refractivity contribution in [3.8, 4) is 22.6 Å². The molecule has 4 aromatic rings. The Kier molecular flexibility index (Phi) is 8.72. The van der Waals surface area contributed by atoms with E-state index in [1.807, 2.05) is 37.3 Å². The highest BCUT2D eigenvalue weighted by Crippen LogP contribution is 2.40. The molecule has 218 valence electrons. The molecule has 1 aliphatic heterocycles. The maximum Gasteiger partial charge on any atom is 0.335 e. The Bertz CT molecular complexity index is 1620. The van der Waals surface area contributed by atoms with E-state index in [-0.39, 0.29) is 24.4 Å². The number of halogens is 3. The summed E-state index contributed by atoms with van der Waals surface area (Å²) in [6.45, 7) is 2.91. The van der Waals surface area contributed by atoms with Gasteiger partial charge in [-0.25, -0.2) is 13.6 Å². The number of aromatic carboxylic acids is 1. The first-order valence-electron chi connectivity index (χ1n) is 13.4. The largest absolute Gasteiger partial charge is 0.493 e. The molecule has 0 atom stereocenters. The third-order valence-corrected chi connectivity index (χ3v) is 7.43. The van der Waals surface area contributed by atoms with Gasteiger partial charge >= 0.3 is 5.97 Å². The molecule has 1 aliphatic rings. The Hall–Kier alpha value is -4.44. The van der Waals surface area contributed by atoms with Crippen LogP contribution in [0.3, 0.4) is 0 Å². The van der Waals surface area contributed by atoms with Crippen LogP contribution in [0.25, 0.3) is 11.1 Å². The topological polar surface area (TPSA) is 93.9 Å². The zero-order chi connectivity index (χ0) is 29.8. The Labute approximate surface area is 246 Å². The van der Waals surface area contributed by atoms with E-state index >= 15 is 0 Å². The molecule has 1 aromatic heterocycles. The number of amides is 1. The third-order valence-electron chi connectivity index (χ3n) is 7.02. The van der Waals surface area contributed by atoms with Crippen LogP contribution in [0.5, 0.6) is 11.5 Å². The minimum atomic E-state index is -1.42. The maximum atomic E-state index is 14.5. The number of para-hydroxylation sites is 1. The lowest BCUT2D eigenvalue weighted by atomic mass is 10.1. The number of anilines is 1. The molecule has 0 aliphatic carbocycles. The van der Waals surface area contributed by atoms with Crippen LogP contribution in [-0.4, -0.2) is 46.5 Å². The number of benzene rings is 3. The van der Waals surface area contributed by atoms with E-state index in [0.717, 1.165) is 17.7 Å². The fourth-order valence-electron chi connectivity index (χ4n) is 4.81. The molecule has 3 aromatic carbocycles. The number of ether oxygens (including phenoxy) is 2. The van der Waals surface area contributed by atoms with Gasteiger partial charge in [-0.2, -0.15) is 5.10 Å². The summed E-state index contributed by atoms with van der Waals surface area (Å²) in [6.07, 6.45) is 4.60. The van der Waals surface area contributed by atoms with E-state index < -0.39 is 23.2 Å². The number of aromatic nitrogens is 2. The highest BCUT2D eigenvalue weighted by atomic mass is 35.5. The second-order valence-electron chi connectivity index (χ2n) is 9.87. The number of rotatable bonds is 9. The predicted molar refractivity (Wildman–Crippen MR) is 153 cm³/mol. The summed E-state index contributed by atoms with van der Waals surface area (Å²) in [4.78, 5) is 26.1. The van der Waals surface area contributed by atoms with Gasteiger partial charge in [-0.3, -0.25) is 9.48 Å². The summed E-state index contributed by atoms with van der Waals surface area (Å²) in [6, 6.07) is 12.5. The number of carbonyl (C=O) groups excluding carboxylic acids is 1. The van der Waals surface area contributed by atoms with Crippen molar-refractivity contribution in [2.24, 2.45) is 0 Å². The average Bonchev–Trinajstić information content (AvgIpc) is 3.32. The second-order valence-corrected chi connectivity index (χ2v) is 10.3. The van der Waals surface area contributed by atoms with Crippen molar-refractivity contribution in [3.63, 3.8) is 0 Å². The first-order chi connectivity index (χ1) is 20.2. The number of hydrogen-bond donors (Lipinski definition) is 1. The van der Waals surface area contributed by atoms with Crippen molar-refractivity contribution in [1.29, 1.82) is 0 Å². The average molecular weight is 596 g/mol. The standard InChI is InChI=1S/C31H28ClF2N3O5/c1-19-24(32)7-3-9-28(19)41-12-4-10-29(38)37-11-5-13-42-30-22(6-2-8-27(30)37)21-16-35-36(17-21)18-23-25(33)14-20(31(39)40)15-26(23)34/h2-3,6-9,14-17H,4-5,10-13,18H2,1H3,(H,39,40). The first-order valence-corrected chi connectivity index (χ1v) is 13.8. The Morgan fingerprint density at radius 2 is 1.90 bits per heavy atom. The quantitative estimate of drug-likeness (QED) is 0.222. The van der Waals surface area contributed by atoms with Crippen molar-refractivity contribution in [1.82, 2.24) is 9.78 Å². The molecule has 0 spiro atoms. The molecule has 0 fully saturated rings. The van der Waals surface area contributed by atoms with Crippen LogP contribution >= 0.6 is 11.6 Å². The summed E-state index contributed by atoms with van der Waals surface area (Å²) in [5, 5.41) is 13.9. The van der Waals surface area contributed by atoms with Gasteiger partial charge in [-0.05, 0) is 50.1 Å². The van der Waals surface area contributed by atoms with E-state index in [2.05, 4.69) is 5.10 Å². The predicted octanol–water partition coefficient (Wildman–Crippen LogP) is 6.51. The van der Waals surface area contributed by atoms with E-state index in [0.29, 0.717) is 65.9 Å². The van der Waals surface area contributed by atoms with Crippen molar-refractivity contribution >= 4 is 29.2 Å². The maximum absolute atomic E-state index is 14.5. The summed E-state index contributed by atoms with van der Waals surface area (Å²) < 4.78 is 42.3. The van der Waals surface area contributed by atoms with Gasteiger partial charge in [0.2, 0.25) is 5.91 Å². The van der Waals surface area contributed by atoms with E-state index in [1.54, 1.807) is 23.4 Å². The van der Waals surface area contributed by atoms with Gasteiger partial charge in [0.05, 0.1) is 37.2 Å². The van der Waals surface area contributed by atoms with Gasteiger partial charge in [-0.15, -0.1) is 0 Å². The summed E-state index contributed by atoms with van der Waals surface area (Å²) in [7, 11) is 0. The first kappa shape index (κ1) is 29.1. The molecule has 0 saturated carbocycles. The van der Waals surface area contributed by atoms with Crippen LogP contribution in [0.1, 0.15) is 40.7 Å². The highest BCUT2D eigenvalue weighted by molar-refractivity contribution is 6.31. The molecule has 5 rings (SSSR count). The van der Waals surface area contributed by atoms with Crippen LogP contribution in [0.4, 0.5) is 14.5 Å².